The summed E-state index contributed by atoms with van der Waals surface area (Å²) in [5.41, 5.74) is 6.13. The third-order valence-electron chi connectivity index (χ3n) is 9.88. The van der Waals surface area contributed by atoms with E-state index in [-0.39, 0.29) is 23.9 Å². The van der Waals surface area contributed by atoms with Gasteiger partial charge in [0, 0.05) is 24.2 Å². The molecule has 0 saturated carbocycles. The van der Waals surface area contributed by atoms with Crippen LogP contribution in [0.2, 0.25) is 0 Å². The third kappa shape index (κ3) is 6.05. The molecule has 2 aromatic carbocycles. The number of aromatic nitrogens is 1. The van der Waals surface area contributed by atoms with Gasteiger partial charge < -0.3 is 0 Å². The van der Waals surface area contributed by atoms with E-state index in [1.54, 1.807) is 0 Å². The van der Waals surface area contributed by atoms with Crippen molar-refractivity contribution in [2.24, 2.45) is 11.8 Å². The van der Waals surface area contributed by atoms with Crippen molar-refractivity contribution in [3.8, 4) is 0 Å². The fourth-order valence-electron chi connectivity index (χ4n) is 7.55. The van der Waals surface area contributed by atoms with Gasteiger partial charge in [-0.1, -0.05) is 78.6 Å². The van der Waals surface area contributed by atoms with E-state index in [4.69, 9.17) is 0 Å². The Kier molecular flexibility index (Phi) is 9.18. The van der Waals surface area contributed by atoms with Crippen LogP contribution in [-0.4, -0.2) is 37.4 Å². The number of fused-ring (bicyclic) bond motifs is 4. The lowest BCUT2D eigenvalue weighted by Gasteiger charge is -2.52. The van der Waals surface area contributed by atoms with Crippen LogP contribution in [0, 0.1) is 18.8 Å². The summed E-state index contributed by atoms with van der Waals surface area (Å²) in [6.45, 7) is 19.3. The monoisotopic (exact) mass is 589 g/mol. The van der Waals surface area contributed by atoms with E-state index in [2.05, 4.69) is 106 Å². The van der Waals surface area contributed by atoms with Gasteiger partial charge in [-0.05, 0) is 103 Å². The summed E-state index contributed by atoms with van der Waals surface area (Å²) >= 11 is 0. The molecular weight excluding hydrogens is 538 g/mol. The second kappa shape index (κ2) is 12.4. The van der Waals surface area contributed by atoms with Crippen LogP contribution in [0.15, 0.2) is 47.5 Å². The van der Waals surface area contributed by atoms with E-state index < -0.39 is 10.0 Å². The predicted octanol–water partition coefficient (Wildman–Crippen LogP) is 8.44. The number of hydrogen-bond acceptors (Lipinski definition) is 4. The summed E-state index contributed by atoms with van der Waals surface area (Å²) in [6, 6.07) is 12.4. The lowest BCUT2D eigenvalue weighted by molar-refractivity contribution is -0.0147. The average molecular weight is 590 g/mol. The van der Waals surface area contributed by atoms with E-state index in [0.717, 1.165) is 52.7 Å². The van der Waals surface area contributed by atoms with Crippen molar-refractivity contribution in [2.45, 2.75) is 116 Å². The first kappa shape index (κ1) is 31.2. The molecule has 0 aliphatic carbocycles. The van der Waals surface area contributed by atoms with Crippen molar-refractivity contribution in [3.05, 3.63) is 70.4 Å². The van der Waals surface area contributed by atoms with Crippen molar-refractivity contribution in [1.82, 2.24) is 14.6 Å². The van der Waals surface area contributed by atoms with Gasteiger partial charge in [0.05, 0.1) is 16.5 Å². The molecule has 4 heterocycles. The molecular formula is C36H51N3O2S. The number of pyridine rings is 1. The van der Waals surface area contributed by atoms with Crippen molar-refractivity contribution in [2.75, 3.05) is 13.1 Å². The first-order valence-corrected chi connectivity index (χ1v) is 17.7. The number of piperidine rings is 3. The number of nitrogens with zero attached hydrogens (tertiary/aromatic N) is 2. The molecule has 3 fully saturated rings. The number of nitrogens with one attached hydrogen (secondary N) is 1. The van der Waals surface area contributed by atoms with Gasteiger partial charge in [0.2, 0.25) is 10.0 Å². The number of benzene rings is 2. The highest BCUT2D eigenvalue weighted by molar-refractivity contribution is 7.89. The van der Waals surface area contributed by atoms with Gasteiger partial charge in [0.15, 0.2) is 0 Å². The second-order valence-electron chi connectivity index (χ2n) is 13.9. The highest BCUT2D eigenvalue weighted by Gasteiger charge is 2.45. The SMILES string of the molecule is CCCC1C[N@@]2CCC1CC2C(NS(=O)(=O)c1c(C(C)C)cc(C(C)C)cc1C(C)C)c1ccnc2ccc(C)cc12. The van der Waals surface area contributed by atoms with Crippen molar-refractivity contribution >= 4 is 20.9 Å². The molecule has 2 bridgehead atoms. The Morgan fingerprint density at radius 1 is 0.952 bits per heavy atom. The van der Waals surface area contributed by atoms with Gasteiger partial charge in [-0.25, -0.2) is 13.1 Å². The van der Waals surface area contributed by atoms with E-state index in [1.165, 1.54) is 24.8 Å². The summed E-state index contributed by atoms with van der Waals surface area (Å²) in [5, 5.41) is 1.04. The van der Waals surface area contributed by atoms with Gasteiger partial charge in [0.1, 0.15) is 0 Å². The summed E-state index contributed by atoms with van der Waals surface area (Å²) in [7, 11) is -3.87. The van der Waals surface area contributed by atoms with Crippen molar-refractivity contribution < 1.29 is 8.42 Å². The predicted molar refractivity (Wildman–Crippen MR) is 175 cm³/mol. The van der Waals surface area contributed by atoms with Crippen LogP contribution < -0.4 is 4.72 Å². The zero-order valence-electron chi connectivity index (χ0n) is 26.9. The Hall–Kier alpha value is -2.28. The van der Waals surface area contributed by atoms with Gasteiger partial charge in [0.25, 0.3) is 0 Å². The topological polar surface area (TPSA) is 62.3 Å². The third-order valence-corrected chi connectivity index (χ3v) is 11.4. The first-order chi connectivity index (χ1) is 19.9. The minimum atomic E-state index is -3.87. The van der Waals surface area contributed by atoms with Crippen LogP contribution in [0.25, 0.3) is 10.9 Å². The van der Waals surface area contributed by atoms with Crippen molar-refractivity contribution in [1.29, 1.82) is 0 Å². The molecule has 6 heteroatoms. The van der Waals surface area contributed by atoms with Gasteiger partial charge in [-0.2, -0.15) is 0 Å². The fraction of sp³-hybridized carbons (Fsp3) is 0.583. The summed E-state index contributed by atoms with van der Waals surface area (Å²) in [4.78, 5) is 7.73. The molecule has 42 heavy (non-hydrogen) atoms. The van der Waals surface area contributed by atoms with Crippen LogP contribution >= 0.6 is 0 Å². The van der Waals surface area contributed by atoms with Crippen LogP contribution in [0.4, 0.5) is 0 Å². The molecule has 3 aliphatic heterocycles. The standard InChI is InChI=1S/C36H51N3O2S/c1-9-10-27-21-39-16-14-26(27)20-34(39)35(29-13-15-37-33-12-11-25(8)17-32(29)33)38-42(40,41)36-30(23(4)5)18-28(22(2)3)19-31(36)24(6)7/h11-13,15,17-19,22-24,26-27,34-35,38H,9-10,14,16,20-21H2,1-8H3. The average Bonchev–Trinajstić information content (AvgIpc) is 2.95. The van der Waals surface area contributed by atoms with Crippen LogP contribution in [-0.2, 0) is 10.0 Å². The van der Waals surface area contributed by atoms with E-state index >= 15 is 0 Å². The number of aryl methyl sites for hydroxylation is 1. The molecule has 228 valence electrons. The zero-order chi connectivity index (χ0) is 30.3. The maximum atomic E-state index is 14.8. The van der Waals surface area contributed by atoms with Gasteiger partial charge >= 0.3 is 0 Å². The largest absolute Gasteiger partial charge is 0.298 e. The van der Waals surface area contributed by atoms with Crippen LogP contribution in [0.5, 0.6) is 0 Å². The zero-order valence-corrected chi connectivity index (χ0v) is 27.8. The molecule has 3 aliphatic rings. The minimum Gasteiger partial charge on any atom is -0.298 e. The normalized spacial score (nSPS) is 23.4. The number of hydrogen-bond donors (Lipinski definition) is 1. The molecule has 5 atom stereocenters. The Bertz CT molecular complexity index is 1500. The summed E-state index contributed by atoms with van der Waals surface area (Å²) in [6.07, 6.45) is 6.53. The molecule has 0 amide bonds. The molecule has 0 spiro atoms. The molecule has 0 radical (unpaired) electrons. The lowest BCUT2D eigenvalue weighted by Crippen LogP contribution is -2.57. The Morgan fingerprint density at radius 2 is 1.64 bits per heavy atom. The van der Waals surface area contributed by atoms with Crippen LogP contribution in [0.3, 0.4) is 0 Å². The molecule has 3 saturated heterocycles. The molecule has 1 aromatic heterocycles. The maximum Gasteiger partial charge on any atom is 0.241 e. The summed E-state index contributed by atoms with van der Waals surface area (Å²) < 4.78 is 33.0. The van der Waals surface area contributed by atoms with Gasteiger partial charge in [-0.15, -0.1) is 0 Å². The molecule has 4 unspecified atom stereocenters. The van der Waals surface area contributed by atoms with Gasteiger partial charge in [-0.3, -0.25) is 9.88 Å². The number of sulfonamides is 1. The summed E-state index contributed by atoms with van der Waals surface area (Å²) in [5.74, 6) is 1.84. The minimum absolute atomic E-state index is 0.0832. The fourth-order valence-corrected chi connectivity index (χ4v) is 9.50. The Labute approximate surface area is 254 Å². The smallest absolute Gasteiger partial charge is 0.241 e. The first-order valence-electron chi connectivity index (χ1n) is 16.2. The molecule has 6 rings (SSSR count). The van der Waals surface area contributed by atoms with E-state index in [9.17, 15) is 8.42 Å². The second-order valence-corrected chi connectivity index (χ2v) is 15.6. The van der Waals surface area contributed by atoms with Crippen LogP contribution in [0.1, 0.15) is 126 Å². The highest BCUT2D eigenvalue weighted by Crippen LogP contribution is 2.44. The Morgan fingerprint density at radius 3 is 2.21 bits per heavy atom. The van der Waals surface area contributed by atoms with Crippen molar-refractivity contribution in [3.63, 3.8) is 0 Å². The highest BCUT2D eigenvalue weighted by atomic mass is 32.2. The van der Waals surface area contributed by atoms with E-state index in [0.29, 0.717) is 22.6 Å². The van der Waals surface area contributed by atoms with E-state index in [1.807, 2.05) is 6.20 Å². The maximum absolute atomic E-state index is 14.8. The Balaban J connectivity index is 1.66. The molecule has 5 nitrogen and oxygen atoms in total. The molecule has 1 N–H and O–H groups in total. The molecule has 3 aromatic rings. The lowest BCUT2D eigenvalue weighted by atomic mass is 9.71. The quantitative estimate of drug-likeness (QED) is 0.258. The number of rotatable bonds is 10.